The molecule has 1 unspecified atom stereocenters. The van der Waals surface area contributed by atoms with E-state index < -0.39 is 0 Å². The smallest absolute Gasteiger partial charge is 0.126 e. The number of imidazole rings is 1. The molecule has 4 heteroatoms. The van der Waals surface area contributed by atoms with Gasteiger partial charge in [-0.1, -0.05) is 26.0 Å². The predicted octanol–water partition coefficient (Wildman–Crippen LogP) is 3.69. The summed E-state index contributed by atoms with van der Waals surface area (Å²) in [6.45, 7) is 9.96. The number of nitrogens with zero attached hydrogens (tertiary/aromatic N) is 2. The van der Waals surface area contributed by atoms with Crippen molar-refractivity contribution in [3.05, 3.63) is 53.4 Å². The van der Waals surface area contributed by atoms with E-state index in [1.807, 2.05) is 24.7 Å². The summed E-state index contributed by atoms with van der Waals surface area (Å²) in [5.41, 5.74) is 2.75. The molecule has 0 fully saturated rings. The molecule has 0 radical (unpaired) electrons. The lowest BCUT2D eigenvalue weighted by Gasteiger charge is -2.18. The van der Waals surface area contributed by atoms with Gasteiger partial charge in [-0.3, -0.25) is 0 Å². The number of hydrogen-bond donors (Lipinski definition) is 1. The van der Waals surface area contributed by atoms with Crippen LogP contribution in [0.1, 0.15) is 43.6 Å². The predicted molar refractivity (Wildman–Crippen MR) is 83.7 cm³/mol. The van der Waals surface area contributed by atoms with Crippen LogP contribution in [0.25, 0.3) is 0 Å². The first-order valence-electron chi connectivity index (χ1n) is 7.46. The molecular weight excluding hydrogens is 265 g/mol. The lowest BCUT2D eigenvalue weighted by molar-refractivity contribution is 0.523. The van der Waals surface area contributed by atoms with Crippen LogP contribution in [0.4, 0.5) is 4.39 Å². The second kappa shape index (κ2) is 6.85. The van der Waals surface area contributed by atoms with Gasteiger partial charge in [-0.15, -0.1) is 0 Å². The molecular formula is C17H24FN3. The highest BCUT2D eigenvalue weighted by Gasteiger charge is 2.13. The second-order valence-electron chi connectivity index (χ2n) is 6.00. The van der Waals surface area contributed by atoms with E-state index in [9.17, 15) is 4.39 Å². The van der Waals surface area contributed by atoms with Crippen LogP contribution in [0.5, 0.6) is 0 Å². The number of rotatable bonds is 6. The Labute approximate surface area is 126 Å². The fraction of sp³-hybridized carbons (Fsp3) is 0.471. The molecule has 0 aliphatic rings. The van der Waals surface area contributed by atoms with Crippen molar-refractivity contribution in [1.82, 2.24) is 14.9 Å². The molecule has 114 valence electrons. The van der Waals surface area contributed by atoms with Crippen LogP contribution in [-0.2, 0) is 6.54 Å². The maximum absolute atomic E-state index is 13.7. The Morgan fingerprint density at radius 3 is 2.71 bits per heavy atom. The van der Waals surface area contributed by atoms with Crippen molar-refractivity contribution in [2.45, 2.75) is 40.3 Å². The third-order valence-corrected chi connectivity index (χ3v) is 3.70. The fourth-order valence-corrected chi connectivity index (χ4v) is 2.34. The molecule has 0 saturated carbocycles. The summed E-state index contributed by atoms with van der Waals surface area (Å²) in [5.74, 6) is 0.462. The molecule has 2 aromatic rings. The van der Waals surface area contributed by atoms with Crippen molar-refractivity contribution < 1.29 is 4.39 Å². The minimum Gasteiger partial charge on any atom is -0.326 e. The van der Waals surface area contributed by atoms with E-state index >= 15 is 0 Å². The van der Waals surface area contributed by atoms with E-state index in [1.54, 1.807) is 13.0 Å². The minimum absolute atomic E-state index is 0.0680. The van der Waals surface area contributed by atoms with Gasteiger partial charge in [0.15, 0.2) is 0 Å². The summed E-state index contributed by atoms with van der Waals surface area (Å²) >= 11 is 0. The zero-order chi connectivity index (χ0) is 15.4. The molecule has 2 rings (SSSR count). The Bertz CT molecular complexity index is 589. The lowest BCUT2D eigenvalue weighted by atomic mass is 10.1. The largest absolute Gasteiger partial charge is 0.326 e. The third-order valence-electron chi connectivity index (χ3n) is 3.70. The number of benzene rings is 1. The summed E-state index contributed by atoms with van der Waals surface area (Å²) in [4.78, 5) is 4.24. The monoisotopic (exact) mass is 289 g/mol. The average molecular weight is 289 g/mol. The fourth-order valence-electron chi connectivity index (χ4n) is 2.34. The van der Waals surface area contributed by atoms with Crippen molar-refractivity contribution in [3.8, 4) is 0 Å². The van der Waals surface area contributed by atoms with E-state index in [-0.39, 0.29) is 11.9 Å². The first-order valence-corrected chi connectivity index (χ1v) is 7.46. The highest BCUT2D eigenvalue weighted by atomic mass is 19.1. The average Bonchev–Trinajstić information content (AvgIpc) is 2.89. The van der Waals surface area contributed by atoms with Gasteiger partial charge < -0.3 is 9.88 Å². The first-order chi connectivity index (χ1) is 9.99. The maximum atomic E-state index is 13.7. The molecule has 1 heterocycles. The van der Waals surface area contributed by atoms with Crippen LogP contribution in [0.15, 0.2) is 30.7 Å². The molecule has 1 aromatic heterocycles. The SMILES string of the molecule is Cc1ccc(C(C)n2cncc2CNCC(C)C)cc1F. The van der Waals surface area contributed by atoms with Gasteiger partial charge >= 0.3 is 0 Å². The molecule has 3 nitrogen and oxygen atoms in total. The standard InChI is InChI=1S/C17H24FN3/c1-12(2)8-19-9-16-10-20-11-21(16)14(4)15-6-5-13(3)17(18)7-15/h5-7,10-12,14,19H,8-9H2,1-4H3. The van der Waals surface area contributed by atoms with Gasteiger partial charge in [0, 0.05) is 12.7 Å². The summed E-state index contributed by atoms with van der Waals surface area (Å²) in [5, 5.41) is 3.42. The topological polar surface area (TPSA) is 29.9 Å². The summed E-state index contributed by atoms with van der Waals surface area (Å²) in [6.07, 6.45) is 3.68. The van der Waals surface area contributed by atoms with Crippen LogP contribution < -0.4 is 5.32 Å². The highest BCUT2D eigenvalue weighted by Crippen LogP contribution is 2.21. The Kier molecular flexibility index (Phi) is 5.12. The van der Waals surface area contributed by atoms with Gasteiger partial charge in [-0.2, -0.15) is 0 Å². The molecule has 1 aromatic carbocycles. The van der Waals surface area contributed by atoms with Gasteiger partial charge in [0.05, 0.1) is 18.1 Å². The molecule has 1 N–H and O–H groups in total. The molecule has 0 bridgehead atoms. The Hall–Kier alpha value is -1.68. The van der Waals surface area contributed by atoms with Crippen molar-refractivity contribution in [2.24, 2.45) is 5.92 Å². The number of aryl methyl sites for hydroxylation is 1. The van der Waals surface area contributed by atoms with Gasteiger partial charge in [-0.05, 0) is 43.5 Å². The van der Waals surface area contributed by atoms with E-state index in [4.69, 9.17) is 0 Å². The Morgan fingerprint density at radius 2 is 2.05 bits per heavy atom. The minimum atomic E-state index is -0.154. The van der Waals surface area contributed by atoms with Gasteiger partial charge in [-0.25, -0.2) is 9.37 Å². The van der Waals surface area contributed by atoms with Crippen molar-refractivity contribution in [3.63, 3.8) is 0 Å². The van der Waals surface area contributed by atoms with Crippen molar-refractivity contribution >= 4 is 0 Å². The van der Waals surface area contributed by atoms with Gasteiger partial charge in [0.25, 0.3) is 0 Å². The van der Waals surface area contributed by atoms with E-state index in [1.165, 1.54) is 0 Å². The van der Waals surface area contributed by atoms with E-state index in [0.29, 0.717) is 11.5 Å². The van der Waals surface area contributed by atoms with Crippen LogP contribution in [0.2, 0.25) is 0 Å². The summed E-state index contributed by atoms with van der Waals surface area (Å²) in [6, 6.07) is 5.49. The molecule has 21 heavy (non-hydrogen) atoms. The zero-order valence-electron chi connectivity index (χ0n) is 13.2. The number of nitrogens with one attached hydrogen (secondary N) is 1. The van der Waals surface area contributed by atoms with E-state index in [2.05, 4.69) is 35.6 Å². The molecule has 0 amide bonds. The molecule has 0 aliphatic carbocycles. The zero-order valence-corrected chi connectivity index (χ0v) is 13.2. The number of halogens is 1. The van der Waals surface area contributed by atoms with Crippen molar-refractivity contribution in [1.29, 1.82) is 0 Å². The van der Waals surface area contributed by atoms with E-state index in [0.717, 1.165) is 24.3 Å². The Morgan fingerprint density at radius 1 is 1.29 bits per heavy atom. The lowest BCUT2D eigenvalue weighted by Crippen LogP contribution is -2.21. The highest BCUT2D eigenvalue weighted by molar-refractivity contribution is 5.26. The third kappa shape index (κ3) is 3.91. The van der Waals surface area contributed by atoms with Crippen molar-refractivity contribution in [2.75, 3.05) is 6.54 Å². The van der Waals surface area contributed by atoms with Crippen LogP contribution >= 0.6 is 0 Å². The van der Waals surface area contributed by atoms with Crippen LogP contribution in [-0.4, -0.2) is 16.1 Å². The number of aromatic nitrogens is 2. The first kappa shape index (κ1) is 15.7. The number of hydrogen-bond acceptors (Lipinski definition) is 2. The maximum Gasteiger partial charge on any atom is 0.126 e. The second-order valence-corrected chi connectivity index (χ2v) is 6.00. The quantitative estimate of drug-likeness (QED) is 0.879. The van der Waals surface area contributed by atoms with Gasteiger partial charge in [0.2, 0.25) is 0 Å². The summed E-state index contributed by atoms with van der Waals surface area (Å²) in [7, 11) is 0. The molecule has 0 saturated heterocycles. The molecule has 0 aliphatic heterocycles. The molecule has 1 atom stereocenters. The summed E-state index contributed by atoms with van der Waals surface area (Å²) < 4.78 is 15.8. The van der Waals surface area contributed by atoms with Crippen LogP contribution in [0.3, 0.4) is 0 Å². The van der Waals surface area contributed by atoms with Gasteiger partial charge in [0.1, 0.15) is 5.82 Å². The van der Waals surface area contributed by atoms with Crippen LogP contribution in [0, 0.1) is 18.7 Å². The molecule has 0 spiro atoms. The Balaban J connectivity index is 2.13. The normalized spacial score (nSPS) is 12.9.